The Labute approximate surface area is 184 Å². The largest absolute Gasteiger partial charge is 0.342 e. The average Bonchev–Trinajstić information content (AvgIpc) is 2.78. The van der Waals surface area contributed by atoms with Crippen LogP contribution >= 0.6 is 0 Å². The average molecular weight is 413 g/mol. The second kappa shape index (κ2) is 11.0. The highest BCUT2D eigenvalue weighted by molar-refractivity contribution is 5.99. The van der Waals surface area contributed by atoms with Crippen LogP contribution in [0.4, 0.5) is 0 Å². The molecule has 0 aliphatic rings. The Morgan fingerprint density at radius 2 is 1.55 bits per heavy atom. The van der Waals surface area contributed by atoms with E-state index in [0.29, 0.717) is 12.0 Å². The lowest BCUT2D eigenvalue weighted by atomic mass is 10.0. The van der Waals surface area contributed by atoms with Gasteiger partial charge in [0.1, 0.15) is 6.29 Å². The van der Waals surface area contributed by atoms with E-state index in [4.69, 9.17) is 0 Å². The monoisotopic (exact) mass is 412 g/mol. The summed E-state index contributed by atoms with van der Waals surface area (Å²) in [7, 11) is 4.09. The maximum atomic E-state index is 12.9. The summed E-state index contributed by atoms with van der Waals surface area (Å²) in [4.78, 5) is 26.5. The standard InChI is InChI=1S/C27H28N2O2/c1-29(2)19-23-14-12-21(13-15-23)16-17-24-10-6-7-11-26(24)27(31)28-25(20-30)18-22-8-4-3-5-9-22/h3-17,20,25H,18-19H2,1-2H3,(H,28,31). The van der Waals surface area contributed by atoms with E-state index in [1.165, 1.54) is 5.56 Å². The van der Waals surface area contributed by atoms with Gasteiger partial charge in [-0.05, 0) is 48.8 Å². The van der Waals surface area contributed by atoms with Crippen molar-refractivity contribution in [3.05, 3.63) is 107 Å². The second-order valence-electron chi connectivity index (χ2n) is 7.81. The van der Waals surface area contributed by atoms with Gasteiger partial charge in [-0.1, -0.05) is 84.9 Å². The molecule has 3 aromatic carbocycles. The summed E-state index contributed by atoms with van der Waals surface area (Å²) in [6, 6.07) is 24.9. The molecule has 3 rings (SSSR count). The van der Waals surface area contributed by atoms with Crippen LogP contribution < -0.4 is 5.32 Å². The maximum Gasteiger partial charge on any atom is 0.252 e. The maximum absolute atomic E-state index is 12.9. The first-order valence-electron chi connectivity index (χ1n) is 10.4. The lowest BCUT2D eigenvalue weighted by molar-refractivity contribution is -0.109. The number of nitrogens with zero attached hydrogens (tertiary/aromatic N) is 1. The van der Waals surface area contributed by atoms with Crippen LogP contribution in [-0.2, 0) is 17.8 Å². The smallest absolute Gasteiger partial charge is 0.252 e. The van der Waals surface area contributed by atoms with Crippen LogP contribution in [0.3, 0.4) is 0 Å². The number of carbonyl (C=O) groups excluding carboxylic acids is 2. The zero-order valence-corrected chi connectivity index (χ0v) is 18.0. The number of benzene rings is 3. The van der Waals surface area contributed by atoms with Gasteiger partial charge in [-0.2, -0.15) is 0 Å². The van der Waals surface area contributed by atoms with Crippen molar-refractivity contribution in [3.63, 3.8) is 0 Å². The lowest BCUT2D eigenvalue weighted by Crippen LogP contribution is -2.37. The number of amides is 1. The van der Waals surface area contributed by atoms with Gasteiger partial charge >= 0.3 is 0 Å². The molecule has 31 heavy (non-hydrogen) atoms. The Morgan fingerprint density at radius 1 is 0.871 bits per heavy atom. The van der Waals surface area contributed by atoms with Crippen LogP contribution in [0.2, 0.25) is 0 Å². The quantitative estimate of drug-likeness (QED) is 0.417. The van der Waals surface area contributed by atoms with Crippen molar-refractivity contribution in [2.45, 2.75) is 19.0 Å². The van der Waals surface area contributed by atoms with Crippen molar-refractivity contribution in [3.8, 4) is 0 Å². The van der Waals surface area contributed by atoms with Crippen molar-refractivity contribution in [2.24, 2.45) is 0 Å². The van der Waals surface area contributed by atoms with Crippen molar-refractivity contribution < 1.29 is 9.59 Å². The normalized spacial score (nSPS) is 12.1. The van der Waals surface area contributed by atoms with Crippen molar-refractivity contribution >= 4 is 24.3 Å². The summed E-state index contributed by atoms with van der Waals surface area (Å²) < 4.78 is 0. The number of aldehydes is 1. The molecule has 1 N–H and O–H groups in total. The third kappa shape index (κ3) is 6.76. The molecule has 0 aliphatic carbocycles. The molecular weight excluding hydrogens is 384 g/mol. The number of nitrogens with one attached hydrogen (secondary N) is 1. The van der Waals surface area contributed by atoms with E-state index in [1.807, 2.05) is 74.8 Å². The molecule has 3 aromatic rings. The highest BCUT2D eigenvalue weighted by atomic mass is 16.2. The van der Waals surface area contributed by atoms with E-state index in [-0.39, 0.29) is 5.91 Å². The Hall–Kier alpha value is -3.50. The van der Waals surface area contributed by atoms with E-state index >= 15 is 0 Å². The lowest BCUT2D eigenvalue weighted by Gasteiger charge is -2.14. The first kappa shape index (κ1) is 22.2. The van der Waals surface area contributed by atoms with Gasteiger partial charge in [0.25, 0.3) is 5.91 Å². The second-order valence-corrected chi connectivity index (χ2v) is 7.81. The minimum Gasteiger partial charge on any atom is -0.342 e. The third-order valence-electron chi connectivity index (χ3n) is 4.92. The van der Waals surface area contributed by atoms with Crippen molar-refractivity contribution in [1.82, 2.24) is 10.2 Å². The summed E-state index contributed by atoms with van der Waals surface area (Å²) in [5, 5.41) is 2.85. The van der Waals surface area contributed by atoms with Gasteiger partial charge in [0, 0.05) is 12.1 Å². The molecule has 4 nitrogen and oxygen atoms in total. The summed E-state index contributed by atoms with van der Waals surface area (Å²) in [5.74, 6) is -0.255. The first-order chi connectivity index (χ1) is 15.0. The Balaban J connectivity index is 1.71. The van der Waals surface area contributed by atoms with Crippen molar-refractivity contribution in [1.29, 1.82) is 0 Å². The van der Waals surface area contributed by atoms with Gasteiger partial charge in [-0.15, -0.1) is 0 Å². The van der Waals surface area contributed by atoms with E-state index in [1.54, 1.807) is 6.07 Å². The van der Waals surface area contributed by atoms with E-state index in [0.717, 1.165) is 29.5 Å². The zero-order chi connectivity index (χ0) is 22.1. The molecule has 0 fully saturated rings. The summed E-state index contributed by atoms with van der Waals surface area (Å²) in [6.07, 6.45) is 5.18. The fraction of sp³-hybridized carbons (Fsp3) is 0.185. The fourth-order valence-corrected chi connectivity index (χ4v) is 3.38. The van der Waals surface area contributed by atoms with Crippen LogP contribution in [0.15, 0.2) is 78.9 Å². The number of carbonyl (C=O) groups is 2. The predicted octanol–water partition coefficient (Wildman–Crippen LogP) is 4.46. The Bertz CT molecular complexity index is 1020. The predicted molar refractivity (Wildman–Crippen MR) is 127 cm³/mol. The Morgan fingerprint density at radius 3 is 2.23 bits per heavy atom. The summed E-state index contributed by atoms with van der Waals surface area (Å²) >= 11 is 0. The zero-order valence-electron chi connectivity index (χ0n) is 18.0. The fourth-order valence-electron chi connectivity index (χ4n) is 3.38. The molecule has 158 valence electrons. The molecule has 0 bridgehead atoms. The highest BCUT2D eigenvalue weighted by Crippen LogP contribution is 2.15. The van der Waals surface area contributed by atoms with Crippen LogP contribution in [0, 0.1) is 0 Å². The molecule has 0 heterocycles. The van der Waals surface area contributed by atoms with Gasteiger partial charge in [0.2, 0.25) is 0 Å². The molecule has 1 atom stereocenters. The van der Waals surface area contributed by atoms with Crippen LogP contribution in [0.5, 0.6) is 0 Å². The molecule has 1 unspecified atom stereocenters. The minimum atomic E-state index is -0.573. The highest BCUT2D eigenvalue weighted by Gasteiger charge is 2.15. The van der Waals surface area contributed by atoms with Crippen molar-refractivity contribution in [2.75, 3.05) is 14.1 Å². The molecule has 0 radical (unpaired) electrons. The molecule has 0 saturated heterocycles. The van der Waals surface area contributed by atoms with Gasteiger partial charge in [0.15, 0.2) is 0 Å². The molecule has 1 amide bonds. The molecule has 4 heteroatoms. The topological polar surface area (TPSA) is 49.4 Å². The van der Waals surface area contributed by atoms with Crippen LogP contribution in [0.1, 0.15) is 32.6 Å². The summed E-state index contributed by atoms with van der Waals surface area (Å²) in [5.41, 5.74) is 4.67. The minimum absolute atomic E-state index is 0.255. The van der Waals surface area contributed by atoms with Crippen LogP contribution in [-0.4, -0.2) is 37.2 Å². The first-order valence-corrected chi connectivity index (χ1v) is 10.4. The molecular formula is C27H28N2O2. The molecule has 0 saturated carbocycles. The van der Waals surface area contributed by atoms with E-state index < -0.39 is 6.04 Å². The molecule has 0 aromatic heterocycles. The van der Waals surface area contributed by atoms with E-state index in [9.17, 15) is 9.59 Å². The molecule has 0 aliphatic heterocycles. The van der Waals surface area contributed by atoms with Gasteiger partial charge < -0.3 is 15.0 Å². The SMILES string of the molecule is CN(C)Cc1ccc(C=Cc2ccccc2C(=O)NC(C=O)Cc2ccccc2)cc1. The molecule has 0 spiro atoms. The van der Waals surface area contributed by atoms with Gasteiger partial charge in [0.05, 0.1) is 6.04 Å². The van der Waals surface area contributed by atoms with Crippen LogP contribution in [0.25, 0.3) is 12.2 Å². The number of hydrogen-bond donors (Lipinski definition) is 1. The Kier molecular flexibility index (Phi) is 7.91. The summed E-state index contributed by atoms with van der Waals surface area (Å²) in [6.45, 7) is 0.897. The van der Waals surface area contributed by atoms with Gasteiger partial charge in [-0.3, -0.25) is 4.79 Å². The number of hydrogen-bond acceptors (Lipinski definition) is 3. The third-order valence-corrected chi connectivity index (χ3v) is 4.92. The van der Waals surface area contributed by atoms with E-state index in [2.05, 4.69) is 34.5 Å². The van der Waals surface area contributed by atoms with Gasteiger partial charge in [-0.25, -0.2) is 0 Å². The number of rotatable bonds is 9.